The van der Waals surface area contributed by atoms with Crippen LogP contribution in [-0.4, -0.2) is 53.0 Å². The highest BCUT2D eigenvalue weighted by molar-refractivity contribution is 5.99. The van der Waals surface area contributed by atoms with Crippen molar-refractivity contribution < 1.29 is 4.79 Å². The smallest absolute Gasteiger partial charge is 0.321 e. The number of nitrogens with zero attached hydrogens (tertiary/aromatic N) is 3. The fourth-order valence-corrected chi connectivity index (χ4v) is 3.59. The summed E-state index contributed by atoms with van der Waals surface area (Å²) in [4.78, 5) is 21.4. The van der Waals surface area contributed by atoms with Gasteiger partial charge in [0.25, 0.3) is 0 Å². The molecule has 1 N–H and O–H groups in total. The zero-order chi connectivity index (χ0) is 17.1. The number of amides is 2. The van der Waals surface area contributed by atoms with E-state index in [4.69, 9.17) is 0 Å². The van der Waals surface area contributed by atoms with Crippen LogP contribution in [0.25, 0.3) is 10.9 Å². The van der Waals surface area contributed by atoms with Crippen LogP contribution >= 0.6 is 0 Å². The zero-order valence-electron chi connectivity index (χ0n) is 14.7. The van der Waals surface area contributed by atoms with E-state index in [1.54, 1.807) is 6.20 Å². The number of hydrogen-bond acceptors (Lipinski definition) is 3. The number of rotatable bonds is 3. The fraction of sp³-hybridized carbons (Fsp3) is 0.474. The summed E-state index contributed by atoms with van der Waals surface area (Å²) in [7, 11) is 1.90. The van der Waals surface area contributed by atoms with Gasteiger partial charge in [0, 0.05) is 37.3 Å². The lowest BCUT2D eigenvalue weighted by Gasteiger charge is -2.40. The van der Waals surface area contributed by atoms with Gasteiger partial charge >= 0.3 is 6.03 Å². The minimum atomic E-state index is -0.0599. The minimum Gasteiger partial charge on any atom is -0.325 e. The van der Waals surface area contributed by atoms with Crippen molar-refractivity contribution in [1.82, 2.24) is 14.8 Å². The molecule has 1 aliphatic rings. The Morgan fingerprint density at radius 2 is 2.17 bits per heavy atom. The molecule has 128 valence electrons. The summed E-state index contributed by atoms with van der Waals surface area (Å²) >= 11 is 0. The molecule has 1 aromatic heterocycles. The maximum Gasteiger partial charge on any atom is 0.321 e. The van der Waals surface area contributed by atoms with Crippen molar-refractivity contribution in [3.05, 3.63) is 36.5 Å². The summed E-state index contributed by atoms with van der Waals surface area (Å²) in [6.07, 6.45) is 3.80. The highest BCUT2D eigenvalue weighted by Crippen LogP contribution is 2.24. The topological polar surface area (TPSA) is 48.5 Å². The third-order valence-electron chi connectivity index (χ3n) is 5.13. The molecule has 2 heterocycles. The number of fused-ring (bicyclic) bond motifs is 1. The fourth-order valence-electron chi connectivity index (χ4n) is 3.59. The maximum absolute atomic E-state index is 12.7. The van der Waals surface area contributed by atoms with Crippen molar-refractivity contribution in [3.63, 3.8) is 0 Å². The van der Waals surface area contributed by atoms with E-state index in [1.165, 1.54) is 0 Å². The number of benzene rings is 1. The average Bonchev–Trinajstić information content (AvgIpc) is 2.61. The summed E-state index contributed by atoms with van der Waals surface area (Å²) in [5.41, 5.74) is 1.60. The van der Waals surface area contributed by atoms with Gasteiger partial charge in [0.1, 0.15) is 0 Å². The number of aromatic nitrogens is 1. The van der Waals surface area contributed by atoms with Crippen molar-refractivity contribution >= 4 is 22.6 Å². The number of urea groups is 1. The van der Waals surface area contributed by atoms with Crippen LogP contribution in [0.3, 0.4) is 0 Å². The molecule has 2 atom stereocenters. The van der Waals surface area contributed by atoms with E-state index in [2.05, 4.69) is 29.0 Å². The van der Waals surface area contributed by atoms with Crippen LogP contribution < -0.4 is 5.32 Å². The normalized spacial score (nSPS) is 21.6. The second-order valence-electron chi connectivity index (χ2n) is 6.58. The second-order valence-corrected chi connectivity index (χ2v) is 6.58. The molecule has 0 saturated carbocycles. The molecule has 2 aromatic rings. The van der Waals surface area contributed by atoms with Gasteiger partial charge in [-0.1, -0.05) is 25.1 Å². The molecule has 0 spiro atoms. The first kappa shape index (κ1) is 16.7. The monoisotopic (exact) mass is 326 g/mol. The molecular weight excluding hydrogens is 300 g/mol. The molecule has 5 nitrogen and oxygen atoms in total. The van der Waals surface area contributed by atoms with Crippen LogP contribution in [0.1, 0.15) is 26.7 Å². The van der Waals surface area contributed by atoms with Crippen molar-refractivity contribution in [2.75, 3.05) is 25.5 Å². The number of piperidine rings is 1. The number of nitrogens with one attached hydrogen (secondary N) is 1. The van der Waals surface area contributed by atoms with Crippen molar-refractivity contribution in [1.29, 1.82) is 0 Å². The number of pyridine rings is 1. The highest BCUT2D eigenvalue weighted by Gasteiger charge is 2.29. The van der Waals surface area contributed by atoms with Gasteiger partial charge in [-0.05, 0) is 38.4 Å². The lowest BCUT2D eigenvalue weighted by atomic mass is 9.97. The molecule has 1 aromatic carbocycles. The summed E-state index contributed by atoms with van der Waals surface area (Å²) < 4.78 is 0. The van der Waals surface area contributed by atoms with E-state index in [-0.39, 0.29) is 12.1 Å². The molecule has 1 fully saturated rings. The molecule has 1 saturated heterocycles. The SMILES string of the molecule is CCN1CC[C@@H](N(C)C(=O)Nc2cccc3cccnc23)C[C@H]1C. The minimum absolute atomic E-state index is 0.0599. The maximum atomic E-state index is 12.7. The van der Waals surface area contributed by atoms with E-state index in [0.29, 0.717) is 6.04 Å². The van der Waals surface area contributed by atoms with E-state index < -0.39 is 0 Å². The third kappa shape index (κ3) is 3.36. The van der Waals surface area contributed by atoms with E-state index >= 15 is 0 Å². The Morgan fingerprint density at radius 1 is 1.38 bits per heavy atom. The predicted molar refractivity (Wildman–Crippen MR) is 98.3 cm³/mol. The summed E-state index contributed by atoms with van der Waals surface area (Å²) in [6, 6.07) is 10.5. The number of carbonyl (C=O) groups excluding carboxylic acids is 1. The lowest BCUT2D eigenvalue weighted by molar-refractivity contribution is 0.104. The van der Waals surface area contributed by atoms with Gasteiger partial charge in [-0.2, -0.15) is 0 Å². The highest BCUT2D eigenvalue weighted by atomic mass is 16.2. The predicted octanol–water partition coefficient (Wildman–Crippen LogP) is 3.57. The molecular formula is C19H26N4O. The zero-order valence-corrected chi connectivity index (χ0v) is 14.7. The molecule has 5 heteroatoms. The Kier molecular flexibility index (Phi) is 5.00. The molecule has 0 radical (unpaired) electrons. The molecule has 1 aliphatic heterocycles. The van der Waals surface area contributed by atoms with Crippen LogP contribution in [0.2, 0.25) is 0 Å². The molecule has 24 heavy (non-hydrogen) atoms. The molecule has 0 unspecified atom stereocenters. The third-order valence-corrected chi connectivity index (χ3v) is 5.13. The van der Waals surface area contributed by atoms with Gasteiger partial charge in [-0.15, -0.1) is 0 Å². The number of anilines is 1. The van der Waals surface area contributed by atoms with Crippen LogP contribution in [0.15, 0.2) is 36.5 Å². The number of para-hydroxylation sites is 1. The summed E-state index contributed by atoms with van der Waals surface area (Å²) in [6.45, 7) is 6.57. The van der Waals surface area contributed by atoms with Gasteiger partial charge in [0.2, 0.25) is 0 Å². The summed E-state index contributed by atoms with van der Waals surface area (Å²) in [5.74, 6) is 0. The molecule has 2 amide bonds. The van der Waals surface area contributed by atoms with Gasteiger partial charge in [-0.3, -0.25) is 4.98 Å². The van der Waals surface area contributed by atoms with E-state index in [0.717, 1.165) is 42.5 Å². The van der Waals surface area contributed by atoms with Crippen LogP contribution in [0.4, 0.5) is 10.5 Å². The Labute approximate surface area is 143 Å². The lowest BCUT2D eigenvalue weighted by Crippen LogP contribution is -2.50. The van der Waals surface area contributed by atoms with Gasteiger partial charge in [0.05, 0.1) is 11.2 Å². The van der Waals surface area contributed by atoms with Crippen LogP contribution in [-0.2, 0) is 0 Å². The molecule has 0 bridgehead atoms. The Morgan fingerprint density at radius 3 is 2.92 bits per heavy atom. The van der Waals surface area contributed by atoms with Crippen LogP contribution in [0, 0.1) is 0 Å². The van der Waals surface area contributed by atoms with Gasteiger partial charge < -0.3 is 15.1 Å². The first-order chi connectivity index (χ1) is 11.6. The van der Waals surface area contributed by atoms with E-state index in [1.807, 2.05) is 42.3 Å². The molecule has 0 aliphatic carbocycles. The second kappa shape index (κ2) is 7.18. The number of likely N-dealkylation sites (tertiary alicyclic amines) is 1. The standard InChI is InChI=1S/C19H26N4O/c1-4-23-12-10-16(13-14(23)2)22(3)19(24)21-17-9-5-7-15-8-6-11-20-18(15)17/h5-9,11,14,16H,4,10,12-13H2,1-3H3,(H,21,24)/t14-,16-/m1/s1. The average molecular weight is 326 g/mol. The number of hydrogen-bond donors (Lipinski definition) is 1. The first-order valence-corrected chi connectivity index (χ1v) is 8.71. The largest absolute Gasteiger partial charge is 0.325 e. The van der Waals surface area contributed by atoms with Crippen molar-refractivity contribution in [2.45, 2.75) is 38.8 Å². The van der Waals surface area contributed by atoms with Crippen LogP contribution in [0.5, 0.6) is 0 Å². The van der Waals surface area contributed by atoms with Gasteiger partial charge in [-0.25, -0.2) is 4.79 Å². The van der Waals surface area contributed by atoms with Crippen molar-refractivity contribution in [3.8, 4) is 0 Å². The Bertz CT molecular complexity index is 712. The van der Waals surface area contributed by atoms with Crippen molar-refractivity contribution in [2.24, 2.45) is 0 Å². The first-order valence-electron chi connectivity index (χ1n) is 8.71. The van der Waals surface area contributed by atoms with Gasteiger partial charge in [0.15, 0.2) is 0 Å². The Balaban J connectivity index is 1.70. The summed E-state index contributed by atoms with van der Waals surface area (Å²) in [5, 5.41) is 4.06. The quantitative estimate of drug-likeness (QED) is 0.938. The number of carbonyl (C=O) groups is 1. The molecule has 3 rings (SSSR count). The van der Waals surface area contributed by atoms with E-state index in [9.17, 15) is 4.79 Å². The Hall–Kier alpha value is -2.14.